The third kappa shape index (κ3) is 3.67. The molecular weight excluding hydrogens is 344 g/mol. The molecule has 20 heavy (non-hydrogen) atoms. The highest BCUT2D eigenvalue weighted by Gasteiger charge is 2.15. The summed E-state index contributed by atoms with van der Waals surface area (Å²) in [5, 5.41) is 3.50. The van der Waals surface area contributed by atoms with E-state index >= 15 is 0 Å². The van der Waals surface area contributed by atoms with Crippen LogP contribution in [0.25, 0.3) is 0 Å². The zero-order chi connectivity index (χ0) is 14.5. The Morgan fingerprint density at radius 2 is 2.10 bits per heavy atom. The molecule has 0 radical (unpaired) electrons. The first kappa shape index (κ1) is 15.2. The van der Waals surface area contributed by atoms with Gasteiger partial charge in [-0.25, -0.2) is 0 Å². The minimum absolute atomic E-state index is 0.0916. The molecule has 0 fully saturated rings. The number of hydrogen-bond acceptors (Lipinski definition) is 5. The van der Waals surface area contributed by atoms with Crippen molar-refractivity contribution in [3.05, 3.63) is 22.2 Å². The Bertz CT molecular complexity index is 549. The smallest absolute Gasteiger partial charge is 0.230 e. The molecular formula is C13H15BrN2O3S. The molecule has 1 N–H and O–H groups in total. The first-order valence-electron chi connectivity index (χ1n) is 6.01. The fraction of sp³-hybridized carbons (Fsp3) is 0.385. The van der Waals surface area contributed by atoms with Gasteiger partial charge in [-0.05, 0) is 17.7 Å². The van der Waals surface area contributed by atoms with Gasteiger partial charge in [0.25, 0.3) is 0 Å². The number of hydrogen-bond donors (Lipinski definition) is 1. The number of carbonyl (C=O) groups is 1. The second-order valence-electron chi connectivity index (χ2n) is 4.06. The summed E-state index contributed by atoms with van der Waals surface area (Å²) in [6.07, 6.45) is 0.251. The zero-order valence-corrected chi connectivity index (χ0v) is 13.6. The number of thioether (sulfide) groups is 1. The highest BCUT2D eigenvalue weighted by atomic mass is 79.9. The van der Waals surface area contributed by atoms with Gasteiger partial charge >= 0.3 is 0 Å². The predicted molar refractivity (Wildman–Crippen MR) is 83.9 cm³/mol. The number of carbonyl (C=O) groups excluding carboxylic acids is 1. The summed E-state index contributed by atoms with van der Waals surface area (Å²) < 4.78 is 11.3. The van der Waals surface area contributed by atoms with E-state index < -0.39 is 0 Å². The van der Waals surface area contributed by atoms with Crippen LogP contribution in [0.2, 0.25) is 0 Å². The van der Waals surface area contributed by atoms with Crippen LogP contribution in [0.4, 0.5) is 0 Å². The molecule has 108 valence electrons. The Labute approximate surface area is 130 Å². The van der Waals surface area contributed by atoms with Gasteiger partial charge in [-0.1, -0.05) is 27.7 Å². The van der Waals surface area contributed by atoms with Crippen LogP contribution in [-0.4, -0.2) is 37.6 Å². The number of amides is 1. The van der Waals surface area contributed by atoms with Gasteiger partial charge in [0.2, 0.25) is 5.91 Å². The van der Waals surface area contributed by atoms with Crippen LogP contribution in [0.5, 0.6) is 11.5 Å². The molecule has 7 heteroatoms. The highest BCUT2D eigenvalue weighted by molar-refractivity contribution is 9.10. The maximum atomic E-state index is 12.0. The molecule has 5 nitrogen and oxygen atoms in total. The van der Waals surface area contributed by atoms with Crippen molar-refractivity contribution in [3.63, 3.8) is 0 Å². The maximum absolute atomic E-state index is 12.0. The monoisotopic (exact) mass is 358 g/mol. The molecule has 1 amide bonds. The molecule has 2 rings (SSSR count). The maximum Gasteiger partial charge on any atom is 0.230 e. The van der Waals surface area contributed by atoms with E-state index in [1.807, 2.05) is 0 Å². The van der Waals surface area contributed by atoms with Crippen molar-refractivity contribution in [2.75, 3.05) is 26.5 Å². The van der Waals surface area contributed by atoms with Crippen molar-refractivity contribution in [1.29, 1.82) is 0 Å². The molecule has 1 aromatic carbocycles. The van der Waals surface area contributed by atoms with Gasteiger partial charge in [-0.15, -0.1) is 0 Å². The summed E-state index contributed by atoms with van der Waals surface area (Å²) in [6, 6.07) is 3.59. The fourth-order valence-corrected chi connectivity index (χ4v) is 2.99. The van der Waals surface area contributed by atoms with E-state index in [2.05, 4.69) is 26.2 Å². The first-order valence-corrected chi connectivity index (χ1v) is 7.79. The molecule has 0 unspecified atom stereocenters. The van der Waals surface area contributed by atoms with E-state index in [9.17, 15) is 4.79 Å². The molecule has 0 saturated carbocycles. The molecule has 0 aliphatic carbocycles. The summed E-state index contributed by atoms with van der Waals surface area (Å²) in [5.41, 5.74) is 0.837. The van der Waals surface area contributed by atoms with Gasteiger partial charge in [-0.2, -0.15) is 0 Å². The van der Waals surface area contributed by atoms with Crippen molar-refractivity contribution < 1.29 is 14.3 Å². The van der Waals surface area contributed by atoms with E-state index in [1.165, 1.54) is 0 Å². The number of rotatable bonds is 4. The van der Waals surface area contributed by atoms with Crippen LogP contribution in [0.3, 0.4) is 0 Å². The topological polar surface area (TPSA) is 59.9 Å². The van der Waals surface area contributed by atoms with E-state index in [0.717, 1.165) is 22.3 Å². The van der Waals surface area contributed by atoms with Gasteiger partial charge in [-0.3, -0.25) is 9.79 Å². The Morgan fingerprint density at radius 1 is 1.40 bits per heavy atom. The lowest BCUT2D eigenvalue weighted by Crippen LogP contribution is -2.28. The molecule has 1 heterocycles. The zero-order valence-electron chi connectivity index (χ0n) is 11.2. The lowest BCUT2D eigenvalue weighted by Gasteiger charge is -2.12. The van der Waals surface area contributed by atoms with Gasteiger partial charge in [0.1, 0.15) is 0 Å². The quantitative estimate of drug-likeness (QED) is 0.896. The molecule has 0 saturated heterocycles. The van der Waals surface area contributed by atoms with Crippen LogP contribution >= 0.6 is 27.7 Å². The van der Waals surface area contributed by atoms with Crippen molar-refractivity contribution in [2.24, 2.45) is 4.99 Å². The summed E-state index contributed by atoms with van der Waals surface area (Å²) in [5.74, 6) is 2.06. The number of benzene rings is 1. The van der Waals surface area contributed by atoms with Crippen LogP contribution in [0, 0.1) is 0 Å². The third-order valence-electron chi connectivity index (χ3n) is 2.74. The number of nitrogens with one attached hydrogen (secondary N) is 1. The van der Waals surface area contributed by atoms with Crippen molar-refractivity contribution in [2.45, 2.75) is 6.42 Å². The van der Waals surface area contributed by atoms with E-state index in [1.54, 1.807) is 38.1 Å². The second-order valence-corrected chi connectivity index (χ2v) is 6.00. The van der Waals surface area contributed by atoms with Gasteiger partial charge in [0, 0.05) is 10.2 Å². The number of methoxy groups -OCH3 is 2. The van der Waals surface area contributed by atoms with E-state index in [-0.39, 0.29) is 12.3 Å². The molecule has 1 aromatic rings. The van der Waals surface area contributed by atoms with Crippen molar-refractivity contribution >= 4 is 38.8 Å². The SMILES string of the molecule is COc1cc(Br)c(CC(=O)NC2=NCCS2)cc1OC. The summed E-state index contributed by atoms with van der Waals surface area (Å²) >= 11 is 5.00. The molecule has 0 atom stereocenters. The molecule has 0 aromatic heterocycles. The van der Waals surface area contributed by atoms with Crippen LogP contribution in [-0.2, 0) is 11.2 Å². The average molecular weight is 359 g/mol. The summed E-state index contributed by atoms with van der Waals surface area (Å²) in [6.45, 7) is 0.764. The summed E-state index contributed by atoms with van der Waals surface area (Å²) in [4.78, 5) is 16.2. The van der Waals surface area contributed by atoms with E-state index in [0.29, 0.717) is 16.7 Å². The van der Waals surface area contributed by atoms with Crippen LogP contribution in [0.15, 0.2) is 21.6 Å². The van der Waals surface area contributed by atoms with Crippen LogP contribution < -0.4 is 14.8 Å². The van der Waals surface area contributed by atoms with E-state index in [4.69, 9.17) is 9.47 Å². The average Bonchev–Trinajstić information content (AvgIpc) is 2.93. The minimum atomic E-state index is -0.0916. The summed E-state index contributed by atoms with van der Waals surface area (Å²) in [7, 11) is 3.14. The predicted octanol–water partition coefficient (Wildman–Crippen LogP) is 2.23. The second kappa shape index (κ2) is 6.99. The number of ether oxygens (including phenoxy) is 2. The molecule has 1 aliphatic heterocycles. The number of aliphatic imine (C=N–C) groups is 1. The molecule has 0 bridgehead atoms. The Hall–Kier alpha value is -1.21. The standard InChI is InChI=1S/C13H15BrN2O3S/c1-18-10-5-8(9(14)7-11(10)19-2)6-12(17)16-13-15-3-4-20-13/h5,7H,3-4,6H2,1-2H3,(H,15,16,17). The lowest BCUT2D eigenvalue weighted by atomic mass is 10.1. The van der Waals surface area contributed by atoms with Gasteiger partial charge < -0.3 is 14.8 Å². The molecule has 1 aliphatic rings. The third-order valence-corrected chi connectivity index (χ3v) is 4.36. The van der Waals surface area contributed by atoms with Crippen molar-refractivity contribution in [1.82, 2.24) is 5.32 Å². The fourth-order valence-electron chi connectivity index (χ4n) is 1.78. The van der Waals surface area contributed by atoms with Gasteiger partial charge in [0.05, 0.1) is 27.2 Å². The Morgan fingerprint density at radius 3 is 2.70 bits per heavy atom. The lowest BCUT2D eigenvalue weighted by molar-refractivity contribution is -0.119. The first-order chi connectivity index (χ1) is 9.63. The normalized spacial score (nSPS) is 13.8. The molecule has 0 spiro atoms. The number of halogens is 1. The highest BCUT2D eigenvalue weighted by Crippen LogP contribution is 2.33. The minimum Gasteiger partial charge on any atom is -0.493 e. The van der Waals surface area contributed by atoms with Crippen LogP contribution in [0.1, 0.15) is 5.56 Å². The van der Waals surface area contributed by atoms with Gasteiger partial charge in [0.15, 0.2) is 16.7 Å². The Balaban J connectivity index is 2.10. The number of amidine groups is 1. The largest absolute Gasteiger partial charge is 0.493 e. The van der Waals surface area contributed by atoms with Crippen molar-refractivity contribution in [3.8, 4) is 11.5 Å². The number of nitrogens with zero attached hydrogens (tertiary/aromatic N) is 1. The Kier molecular flexibility index (Phi) is 5.31.